The second-order valence-corrected chi connectivity index (χ2v) is 6.42. The molecule has 0 fully saturated rings. The number of ether oxygens (including phenoxy) is 1. The van der Waals surface area contributed by atoms with Crippen molar-refractivity contribution in [1.82, 2.24) is 0 Å². The number of carboxylic acids is 1. The van der Waals surface area contributed by atoms with Crippen molar-refractivity contribution < 1.29 is 19.1 Å². The molecule has 0 aliphatic rings. The molecular weight excluding hydrogens is 348 g/mol. The fourth-order valence-electron chi connectivity index (χ4n) is 2.16. The van der Waals surface area contributed by atoms with Gasteiger partial charge >= 0.3 is 5.97 Å². The largest absolute Gasteiger partial charge is 0.482 e. The first-order valence-corrected chi connectivity index (χ1v) is 7.88. The molecule has 1 aromatic carbocycles. The van der Waals surface area contributed by atoms with Crippen LogP contribution in [0.4, 0.5) is 0 Å². The average molecular weight is 367 g/mol. The molecule has 118 valence electrons. The van der Waals surface area contributed by atoms with Crippen LogP contribution in [0, 0.1) is 6.92 Å². The number of furan rings is 1. The highest BCUT2D eigenvalue weighted by molar-refractivity contribution is 9.10. The zero-order valence-corrected chi connectivity index (χ0v) is 14.6. The van der Waals surface area contributed by atoms with Crippen molar-refractivity contribution in [2.24, 2.45) is 0 Å². The Labute approximate surface area is 138 Å². The van der Waals surface area contributed by atoms with Crippen LogP contribution in [0.25, 0.3) is 0 Å². The van der Waals surface area contributed by atoms with Crippen LogP contribution in [0.1, 0.15) is 60.2 Å². The lowest BCUT2D eigenvalue weighted by atomic mass is 10.0. The van der Waals surface area contributed by atoms with Crippen LogP contribution >= 0.6 is 15.9 Å². The molecule has 1 N–H and O–H groups in total. The number of benzene rings is 1. The highest BCUT2D eigenvalue weighted by atomic mass is 79.9. The molecule has 0 radical (unpaired) electrons. The number of aromatic carboxylic acids is 1. The number of aryl methyl sites for hydroxylation is 1. The van der Waals surface area contributed by atoms with E-state index in [1.165, 1.54) is 6.07 Å². The van der Waals surface area contributed by atoms with Gasteiger partial charge in [0.2, 0.25) is 5.76 Å². The maximum atomic E-state index is 10.9. The first-order valence-electron chi connectivity index (χ1n) is 7.09. The molecule has 0 amide bonds. The predicted octanol–water partition coefficient (Wildman–Crippen LogP) is 5.31. The summed E-state index contributed by atoms with van der Waals surface area (Å²) in [6.07, 6.45) is -0.369. The van der Waals surface area contributed by atoms with Crippen molar-refractivity contribution in [1.29, 1.82) is 0 Å². The van der Waals surface area contributed by atoms with Crippen LogP contribution < -0.4 is 4.74 Å². The van der Waals surface area contributed by atoms with Crippen molar-refractivity contribution in [3.8, 4) is 5.75 Å². The molecule has 0 spiro atoms. The normalized spacial score (nSPS) is 12.5. The van der Waals surface area contributed by atoms with Crippen LogP contribution in [0.2, 0.25) is 0 Å². The summed E-state index contributed by atoms with van der Waals surface area (Å²) in [4.78, 5) is 10.9. The summed E-state index contributed by atoms with van der Waals surface area (Å²) >= 11 is 3.54. The van der Waals surface area contributed by atoms with Crippen molar-refractivity contribution in [3.63, 3.8) is 0 Å². The molecule has 0 bridgehead atoms. The van der Waals surface area contributed by atoms with Crippen LogP contribution in [0.5, 0.6) is 5.75 Å². The minimum absolute atomic E-state index is 0.0819. The number of hydrogen-bond donors (Lipinski definition) is 1. The lowest BCUT2D eigenvalue weighted by molar-refractivity contribution is 0.0655. The number of carbonyl (C=O) groups is 1. The Bertz CT molecular complexity index is 688. The quantitative estimate of drug-likeness (QED) is 0.778. The van der Waals surface area contributed by atoms with Gasteiger partial charge in [-0.25, -0.2) is 4.79 Å². The summed E-state index contributed by atoms with van der Waals surface area (Å²) in [6, 6.07) is 7.12. The Morgan fingerprint density at radius 3 is 2.50 bits per heavy atom. The molecule has 22 heavy (non-hydrogen) atoms. The monoisotopic (exact) mass is 366 g/mol. The van der Waals surface area contributed by atoms with Crippen molar-refractivity contribution in [2.75, 3.05) is 0 Å². The molecule has 1 aromatic heterocycles. The Morgan fingerprint density at radius 2 is 1.95 bits per heavy atom. The van der Waals surface area contributed by atoms with Gasteiger partial charge in [-0.05, 0) is 55.2 Å². The SMILES string of the molecule is Cc1cc(OC(C)c2ccc(C(=O)O)o2)c(C(C)C)cc1Br. The maximum Gasteiger partial charge on any atom is 0.371 e. The molecule has 0 aliphatic heterocycles. The molecule has 1 heterocycles. The summed E-state index contributed by atoms with van der Waals surface area (Å²) in [7, 11) is 0. The third kappa shape index (κ3) is 3.53. The van der Waals surface area contributed by atoms with Gasteiger partial charge in [-0.15, -0.1) is 0 Å². The van der Waals surface area contributed by atoms with Gasteiger partial charge in [0.1, 0.15) is 11.5 Å². The fourth-order valence-corrected chi connectivity index (χ4v) is 2.52. The standard InChI is InChI=1S/C17H19BrO4/c1-9(2)12-8-13(18)10(3)7-16(12)21-11(4)14-5-6-15(22-14)17(19)20/h5-9,11H,1-4H3,(H,19,20). The fraction of sp³-hybridized carbons (Fsp3) is 0.353. The summed E-state index contributed by atoms with van der Waals surface area (Å²) in [5, 5.41) is 8.91. The lowest BCUT2D eigenvalue weighted by Gasteiger charge is -2.19. The Hall–Kier alpha value is -1.75. The van der Waals surface area contributed by atoms with Crippen LogP contribution in [-0.4, -0.2) is 11.1 Å². The van der Waals surface area contributed by atoms with E-state index in [0.29, 0.717) is 11.7 Å². The van der Waals surface area contributed by atoms with Gasteiger partial charge in [0, 0.05) is 4.47 Å². The molecule has 4 nitrogen and oxygen atoms in total. The lowest BCUT2D eigenvalue weighted by Crippen LogP contribution is -2.05. The Balaban J connectivity index is 2.28. The molecule has 2 rings (SSSR count). The summed E-state index contributed by atoms with van der Waals surface area (Å²) in [5.74, 6) is 0.428. The molecule has 0 aliphatic carbocycles. The van der Waals surface area contributed by atoms with Crippen molar-refractivity contribution >= 4 is 21.9 Å². The molecule has 1 unspecified atom stereocenters. The van der Waals surface area contributed by atoms with E-state index in [9.17, 15) is 4.79 Å². The van der Waals surface area contributed by atoms with Gasteiger partial charge in [0.05, 0.1) is 0 Å². The highest BCUT2D eigenvalue weighted by Gasteiger charge is 2.18. The summed E-state index contributed by atoms with van der Waals surface area (Å²) in [5.41, 5.74) is 2.17. The van der Waals surface area contributed by atoms with Gasteiger partial charge < -0.3 is 14.3 Å². The van der Waals surface area contributed by atoms with E-state index in [2.05, 4.69) is 35.8 Å². The summed E-state index contributed by atoms with van der Waals surface area (Å²) in [6.45, 7) is 8.04. The van der Waals surface area contributed by atoms with E-state index in [-0.39, 0.29) is 11.9 Å². The third-order valence-corrected chi connectivity index (χ3v) is 4.31. The maximum absolute atomic E-state index is 10.9. The zero-order valence-electron chi connectivity index (χ0n) is 13.0. The molecule has 1 atom stereocenters. The molecule has 5 heteroatoms. The molecule has 0 saturated heterocycles. The first-order chi connectivity index (χ1) is 10.3. The van der Waals surface area contributed by atoms with Crippen LogP contribution in [0.15, 0.2) is 33.2 Å². The second kappa shape index (κ2) is 6.57. The smallest absolute Gasteiger partial charge is 0.371 e. The van der Waals surface area contributed by atoms with E-state index in [1.54, 1.807) is 6.07 Å². The van der Waals surface area contributed by atoms with E-state index in [0.717, 1.165) is 21.3 Å². The van der Waals surface area contributed by atoms with Gasteiger partial charge in [0.15, 0.2) is 6.10 Å². The third-order valence-electron chi connectivity index (χ3n) is 3.46. The molecular formula is C17H19BrO4. The van der Waals surface area contributed by atoms with Gasteiger partial charge in [-0.1, -0.05) is 29.8 Å². The van der Waals surface area contributed by atoms with Gasteiger partial charge in [-0.2, -0.15) is 0 Å². The minimum Gasteiger partial charge on any atom is -0.482 e. The highest BCUT2D eigenvalue weighted by Crippen LogP contribution is 2.35. The van der Waals surface area contributed by atoms with E-state index in [1.807, 2.05) is 19.9 Å². The number of rotatable bonds is 5. The Kier molecular flexibility index (Phi) is 4.96. The first kappa shape index (κ1) is 16.6. The topological polar surface area (TPSA) is 59.7 Å². The zero-order chi connectivity index (χ0) is 16.4. The second-order valence-electron chi connectivity index (χ2n) is 5.56. The van der Waals surface area contributed by atoms with E-state index < -0.39 is 5.97 Å². The predicted molar refractivity (Wildman–Crippen MR) is 87.7 cm³/mol. The average Bonchev–Trinajstić information content (AvgIpc) is 2.92. The molecule has 0 saturated carbocycles. The van der Waals surface area contributed by atoms with Gasteiger partial charge in [0.25, 0.3) is 0 Å². The summed E-state index contributed by atoms with van der Waals surface area (Å²) < 4.78 is 12.4. The number of hydrogen-bond acceptors (Lipinski definition) is 3. The number of halogens is 1. The molecule has 2 aromatic rings. The van der Waals surface area contributed by atoms with E-state index in [4.69, 9.17) is 14.3 Å². The van der Waals surface area contributed by atoms with Crippen molar-refractivity contribution in [3.05, 3.63) is 51.4 Å². The van der Waals surface area contributed by atoms with Crippen LogP contribution in [0.3, 0.4) is 0 Å². The van der Waals surface area contributed by atoms with Gasteiger partial charge in [-0.3, -0.25) is 0 Å². The number of carboxylic acid groups (broad SMARTS) is 1. The van der Waals surface area contributed by atoms with Crippen LogP contribution in [-0.2, 0) is 0 Å². The van der Waals surface area contributed by atoms with E-state index >= 15 is 0 Å². The van der Waals surface area contributed by atoms with Crippen molar-refractivity contribution in [2.45, 2.75) is 39.7 Å². The minimum atomic E-state index is -1.08. The Morgan fingerprint density at radius 1 is 1.27 bits per heavy atom.